The summed E-state index contributed by atoms with van der Waals surface area (Å²) in [5.74, 6) is 0. The Bertz CT molecular complexity index is 635. The summed E-state index contributed by atoms with van der Waals surface area (Å²) in [5.41, 5.74) is 6.27. The third-order valence-corrected chi connectivity index (χ3v) is 3.92. The predicted molar refractivity (Wildman–Crippen MR) is 72.5 cm³/mol. The second kappa shape index (κ2) is 4.49. The van der Waals surface area contributed by atoms with Crippen LogP contribution < -0.4 is 5.43 Å². The van der Waals surface area contributed by atoms with Gasteiger partial charge in [0.15, 0.2) is 9.84 Å². The minimum absolute atomic E-state index is 0.328. The van der Waals surface area contributed by atoms with E-state index >= 15 is 0 Å². The molecule has 0 aliphatic rings. The normalized spacial score (nSPS) is 11.5. The highest BCUT2D eigenvalue weighted by molar-refractivity contribution is 7.90. The summed E-state index contributed by atoms with van der Waals surface area (Å²) in [5, 5.41) is 0. The molecule has 1 N–H and O–H groups in total. The minimum Gasteiger partial charge on any atom is -0.294 e. The van der Waals surface area contributed by atoms with Crippen molar-refractivity contribution in [3.63, 3.8) is 0 Å². The number of nitrogens with zero attached hydrogens (tertiary/aromatic N) is 1. The fourth-order valence-corrected chi connectivity index (χ4v) is 2.38. The quantitative estimate of drug-likeness (QED) is 0.926. The first-order valence-electron chi connectivity index (χ1n) is 5.60. The molecule has 0 unspecified atom stereocenters. The van der Waals surface area contributed by atoms with Crippen LogP contribution in [0.4, 0.5) is 5.69 Å². The summed E-state index contributed by atoms with van der Waals surface area (Å²) in [6, 6.07) is 10.8. The highest BCUT2D eigenvalue weighted by Gasteiger charge is 2.06. The van der Waals surface area contributed by atoms with Crippen LogP contribution in [0.15, 0.2) is 41.3 Å². The Morgan fingerprint density at radius 3 is 1.89 bits per heavy atom. The van der Waals surface area contributed by atoms with Crippen LogP contribution in [0.25, 0.3) is 0 Å². The number of benzene rings is 1. The Kier molecular flexibility index (Phi) is 3.17. The molecule has 0 saturated heterocycles. The largest absolute Gasteiger partial charge is 0.294 e. The average Bonchev–Trinajstić information content (AvgIpc) is 2.60. The molecule has 0 aliphatic carbocycles. The molecule has 0 radical (unpaired) electrons. The molecule has 4 nitrogen and oxygen atoms in total. The molecule has 0 bridgehead atoms. The first kappa shape index (κ1) is 12.7. The Hall–Kier alpha value is -1.75. The standard InChI is InChI=1S/C13H16N2O2S/c1-10-4-5-11(2)15(10)14-12-6-8-13(9-7-12)18(3,16)17/h4-9,14H,1-3H3. The van der Waals surface area contributed by atoms with Gasteiger partial charge in [0.25, 0.3) is 0 Å². The van der Waals surface area contributed by atoms with Crippen LogP contribution in [0.2, 0.25) is 0 Å². The van der Waals surface area contributed by atoms with Crippen molar-refractivity contribution in [2.24, 2.45) is 0 Å². The maximum absolute atomic E-state index is 11.3. The maximum Gasteiger partial charge on any atom is 0.175 e. The molecule has 0 atom stereocenters. The molecule has 2 rings (SSSR count). The highest BCUT2D eigenvalue weighted by Crippen LogP contribution is 2.15. The predicted octanol–water partition coefficient (Wildman–Crippen LogP) is 2.38. The smallest absolute Gasteiger partial charge is 0.175 e. The van der Waals surface area contributed by atoms with E-state index in [4.69, 9.17) is 0 Å². The molecule has 1 heterocycles. The molecule has 0 saturated carbocycles. The summed E-state index contributed by atoms with van der Waals surface area (Å²) < 4.78 is 24.6. The van der Waals surface area contributed by atoms with Gasteiger partial charge >= 0.3 is 0 Å². The molecule has 18 heavy (non-hydrogen) atoms. The fourth-order valence-electron chi connectivity index (χ4n) is 1.75. The SMILES string of the molecule is Cc1ccc(C)n1Nc1ccc(S(C)(=O)=O)cc1. The first-order valence-corrected chi connectivity index (χ1v) is 7.49. The zero-order valence-electron chi connectivity index (χ0n) is 10.6. The van der Waals surface area contributed by atoms with Crippen molar-refractivity contribution in [3.8, 4) is 0 Å². The number of hydrogen-bond donors (Lipinski definition) is 1. The van der Waals surface area contributed by atoms with Gasteiger partial charge in [0.1, 0.15) is 0 Å². The molecule has 96 valence electrons. The van der Waals surface area contributed by atoms with Crippen molar-refractivity contribution in [2.45, 2.75) is 18.7 Å². The summed E-state index contributed by atoms with van der Waals surface area (Å²) in [4.78, 5) is 0.328. The summed E-state index contributed by atoms with van der Waals surface area (Å²) in [7, 11) is -3.13. The third kappa shape index (κ3) is 2.56. The van der Waals surface area contributed by atoms with Gasteiger partial charge in [-0.3, -0.25) is 10.1 Å². The van der Waals surface area contributed by atoms with E-state index in [1.165, 1.54) is 6.26 Å². The van der Waals surface area contributed by atoms with Gasteiger partial charge in [-0.2, -0.15) is 0 Å². The van der Waals surface area contributed by atoms with E-state index in [2.05, 4.69) is 5.43 Å². The lowest BCUT2D eigenvalue weighted by atomic mass is 10.3. The maximum atomic E-state index is 11.3. The fraction of sp³-hybridized carbons (Fsp3) is 0.231. The van der Waals surface area contributed by atoms with Crippen LogP contribution in [0, 0.1) is 13.8 Å². The van der Waals surface area contributed by atoms with Crippen LogP contribution in [-0.4, -0.2) is 19.3 Å². The second-order valence-electron chi connectivity index (χ2n) is 4.36. The summed E-state index contributed by atoms with van der Waals surface area (Å²) in [6.45, 7) is 4.01. The van der Waals surface area contributed by atoms with E-state index in [-0.39, 0.29) is 0 Å². The Labute approximate surface area is 107 Å². The van der Waals surface area contributed by atoms with Crippen LogP contribution in [-0.2, 0) is 9.84 Å². The minimum atomic E-state index is -3.13. The lowest BCUT2D eigenvalue weighted by molar-refractivity contribution is 0.602. The molecule has 0 fully saturated rings. The number of aromatic nitrogens is 1. The van der Waals surface area contributed by atoms with Gasteiger partial charge in [0, 0.05) is 17.6 Å². The Morgan fingerprint density at radius 1 is 0.944 bits per heavy atom. The number of sulfone groups is 1. The molecule has 2 aromatic rings. The van der Waals surface area contributed by atoms with Crippen LogP contribution in [0.3, 0.4) is 0 Å². The number of rotatable bonds is 3. The van der Waals surface area contributed by atoms with Gasteiger partial charge in [-0.25, -0.2) is 8.42 Å². The number of aryl methyl sites for hydroxylation is 2. The van der Waals surface area contributed by atoms with E-state index < -0.39 is 9.84 Å². The van der Waals surface area contributed by atoms with E-state index in [1.807, 2.05) is 30.7 Å². The van der Waals surface area contributed by atoms with Crippen LogP contribution in [0.5, 0.6) is 0 Å². The van der Waals surface area contributed by atoms with Crippen molar-refractivity contribution >= 4 is 15.5 Å². The highest BCUT2D eigenvalue weighted by atomic mass is 32.2. The zero-order chi connectivity index (χ0) is 13.3. The average molecular weight is 264 g/mol. The van der Waals surface area contributed by atoms with Crippen LogP contribution >= 0.6 is 0 Å². The van der Waals surface area contributed by atoms with Gasteiger partial charge in [-0.1, -0.05) is 0 Å². The number of nitrogens with one attached hydrogen (secondary N) is 1. The third-order valence-electron chi connectivity index (χ3n) is 2.79. The van der Waals surface area contributed by atoms with Gasteiger partial charge < -0.3 is 0 Å². The number of hydrogen-bond acceptors (Lipinski definition) is 3. The van der Waals surface area contributed by atoms with E-state index in [0.717, 1.165) is 17.1 Å². The monoisotopic (exact) mass is 264 g/mol. The molecular formula is C13H16N2O2S. The zero-order valence-corrected chi connectivity index (χ0v) is 11.5. The van der Waals surface area contributed by atoms with Gasteiger partial charge in [0.05, 0.1) is 10.6 Å². The molecule has 0 amide bonds. The van der Waals surface area contributed by atoms with Crippen molar-refractivity contribution in [1.29, 1.82) is 0 Å². The summed E-state index contributed by atoms with van der Waals surface area (Å²) in [6.07, 6.45) is 1.20. The van der Waals surface area contributed by atoms with Crippen molar-refractivity contribution in [3.05, 3.63) is 47.8 Å². The van der Waals surface area contributed by atoms with E-state index in [0.29, 0.717) is 4.90 Å². The lowest BCUT2D eigenvalue weighted by Crippen LogP contribution is -2.12. The molecule has 5 heteroatoms. The van der Waals surface area contributed by atoms with Crippen molar-refractivity contribution in [1.82, 2.24) is 4.68 Å². The van der Waals surface area contributed by atoms with Crippen molar-refractivity contribution < 1.29 is 8.42 Å². The molecular weight excluding hydrogens is 248 g/mol. The second-order valence-corrected chi connectivity index (χ2v) is 6.38. The van der Waals surface area contributed by atoms with Crippen molar-refractivity contribution in [2.75, 3.05) is 11.7 Å². The van der Waals surface area contributed by atoms with Gasteiger partial charge in [-0.05, 0) is 50.2 Å². The van der Waals surface area contributed by atoms with Crippen LogP contribution in [0.1, 0.15) is 11.4 Å². The molecule has 0 aliphatic heterocycles. The first-order chi connectivity index (χ1) is 8.38. The molecule has 1 aromatic carbocycles. The topological polar surface area (TPSA) is 51.1 Å². The van der Waals surface area contributed by atoms with Gasteiger partial charge in [0.2, 0.25) is 0 Å². The number of anilines is 1. The molecule has 0 spiro atoms. The molecule has 1 aromatic heterocycles. The Morgan fingerprint density at radius 2 is 1.44 bits per heavy atom. The van der Waals surface area contributed by atoms with Gasteiger partial charge in [-0.15, -0.1) is 0 Å². The van der Waals surface area contributed by atoms with E-state index in [9.17, 15) is 8.42 Å². The van der Waals surface area contributed by atoms with E-state index in [1.54, 1.807) is 24.3 Å². The summed E-state index contributed by atoms with van der Waals surface area (Å²) >= 11 is 0. The lowest BCUT2D eigenvalue weighted by Gasteiger charge is -2.12. The Balaban J connectivity index is 2.27.